The molecule has 0 radical (unpaired) electrons. The van der Waals surface area contributed by atoms with Gasteiger partial charge in [-0.3, -0.25) is 0 Å². The quantitative estimate of drug-likeness (QED) is 0.361. The van der Waals surface area contributed by atoms with Gasteiger partial charge in [-0.15, -0.1) is 0 Å². The lowest BCUT2D eigenvalue weighted by atomic mass is 10.1. The van der Waals surface area contributed by atoms with E-state index >= 15 is 0 Å². The fraction of sp³-hybridized carbons (Fsp3) is 0.143. The maximum atomic E-state index is 14.5. The van der Waals surface area contributed by atoms with Crippen molar-refractivity contribution in [3.8, 4) is 11.5 Å². The Kier molecular flexibility index (Phi) is 6.32. The smallest absolute Gasteiger partial charge is 0.387 e. The number of carbonyl (C=O) groups is 4. The molecule has 0 unspecified atom stereocenters. The summed E-state index contributed by atoms with van der Waals surface area (Å²) in [5.74, 6) is -32.3. The lowest BCUT2D eigenvalue weighted by Gasteiger charge is -2.24. The summed E-state index contributed by atoms with van der Waals surface area (Å²) in [6, 6.07) is 2.69. The minimum Gasteiger partial charge on any atom is -0.478 e. The molecule has 0 fully saturated rings. The van der Waals surface area contributed by atoms with E-state index in [1.54, 1.807) is 0 Å². The topological polar surface area (TPSA) is 168 Å². The van der Waals surface area contributed by atoms with Crippen molar-refractivity contribution in [2.24, 2.45) is 0 Å². The van der Waals surface area contributed by atoms with E-state index in [0.29, 0.717) is 36.4 Å². The van der Waals surface area contributed by atoms with Crippen LogP contribution < -0.4 is 9.47 Å². The van der Waals surface area contributed by atoms with Crippen molar-refractivity contribution in [2.75, 3.05) is 0 Å². The highest BCUT2D eigenvalue weighted by atomic mass is 19.3. The summed E-state index contributed by atoms with van der Waals surface area (Å²) < 4.78 is 95.2. The first kappa shape index (κ1) is 26.8. The van der Waals surface area contributed by atoms with E-state index in [1.165, 1.54) is 0 Å². The molecule has 2 aromatic rings. The third kappa shape index (κ3) is 4.25. The number of alkyl halides is 6. The Bertz CT molecular complexity index is 1280. The zero-order chi connectivity index (χ0) is 28.1. The molecular formula is C21H10F6O10. The summed E-state index contributed by atoms with van der Waals surface area (Å²) in [5, 5.41) is 36.2. The van der Waals surface area contributed by atoms with E-state index in [9.17, 15) is 45.5 Å². The van der Waals surface area contributed by atoms with Crippen LogP contribution in [0.3, 0.4) is 0 Å². The molecule has 0 aromatic heterocycles. The fourth-order valence-corrected chi connectivity index (χ4v) is 3.12. The Morgan fingerprint density at radius 2 is 0.838 bits per heavy atom. The van der Waals surface area contributed by atoms with Crippen molar-refractivity contribution in [3.05, 3.63) is 70.2 Å². The number of ether oxygens (including phenoxy) is 2. The van der Waals surface area contributed by atoms with Gasteiger partial charge in [-0.05, 0) is 36.4 Å². The van der Waals surface area contributed by atoms with Crippen LogP contribution in [0.4, 0.5) is 26.3 Å². The molecule has 196 valence electrons. The highest BCUT2D eigenvalue weighted by molar-refractivity contribution is 6.02. The van der Waals surface area contributed by atoms with Gasteiger partial charge in [0.15, 0.2) is 0 Å². The van der Waals surface area contributed by atoms with Crippen molar-refractivity contribution >= 4 is 23.9 Å². The zero-order valence-corrected chi connectivity index (χ0v) is 17.5. The molecular weight excluding hydrogens is 526 g/mol. The summed E-state index contributed by atoms with van der Waals surface area (Å²) in [7, 11) is 0. The standard InChI is InChI=1S/C21H10F6O10/c22-19(23)13(36-7-1-3-9(15(28)29)11(5-7)17(32)33)14(20(24,25)21(19,26)27)37-8-2-4-10(16(30)31)12(6-8)18(34)35/h1-6H,(H,28,29)(H,30,31)(H,32,33)(H,34,35). The molecule has 0 saturated heterocycles. The number of carboxylic acid groups (broad SMARTS) is 4. The highest BCUT2D eigenvalue weighted by Crippen LogP contribution is 2.59. The molecule has 0 saturated carbocycles. The molecule has 0 heterocycles. The molecule has 16 heteroatoms. The van der Waals surface area contributed by atoms with Crippen LogP contribution >= 0.6 is 0 Å². The predicted octanol–water partition coefficient (Wildman–Crippen LogP) is 4.07. The van der Waals surface area contributed by atoms with Gasteiger partial charge < -0.3 is 29.9 Å². The Morgan fingerprint density at radius 3 is 1.11 bits per heavy atom. The van der Waals surface area contributed by atoms with E-state index in [0.717, 1.165) is 0 Å². The van der Waals surface area contributed by atoms with Crippen LogP contribution in [-0.2, 0) is 0 Å². The van der Waals surface area contributed by atoms with Gasteiger partial charge in [-0.2, -0.15) is 26.3 Å². The van der Waals surface area contributed by atoms with Crippen LogP contribution in [0.5, 0.6) is 11.5 Å². The first-order chi connectivity index (χ1) is 16.9. The molecule has 0 aliphatic heterocycles. The minimum absolute atomic E-state index is 0.297. The molecule has 10 nitrogen and oxygen atoms in total. The van der Waals surface area contributed by atoms with Crippen molar-refractivity contribution in [1.82, 2.24) is 0 Å². The van der Waals surface area contributed by atoms with Crippen LogP contribution in [0.15, 0.2) is 47.9 Å². The molecule has 0 spiro atoms. The lowest BCUT2D eigenvalue weighted by molar-refractivity contribution is -0.273. The maximum absolute atomic E-state index is 14.5. The Labute approximate surface area is 199 Å². The third-order valence-corrected chi connectivity index (χ3v) is 4.91. The van der Waals surface area contributed by atoms with Gasteiger partial charge in [0.1, 0.15) is 11.5 Å². The number of halogens is 6. The molecule has 0 atom stereocenters. The molecule has 37 heavy (non-hydrogen) atoms. The molecule has 2 aromatic carbocycles. The van der Waals surface area contributed by atoms with Crippen LogP contribution in [0.2, 0.25) is 0 Å². The number of hydrogen-bond donors (Lipinski definition) is 4. The van der Waals surface area contributed by atoms with Crippen LogP contribution in [0.25, 0.3) is 0 Å². The number of allylic oxidation sites excluding steroid dienone is 2. The van der Waals surface area contributed by atoms with Crippen molar-refractivity contribution in [1.29, 1.82) is 0 Å². The van der Waals surface area contributed by atoms with Gasteiger partial charge >= 0.3 is 41.6 Å². The highest BCUT2D eigenvalue weighted by Gasteiger charge is 2.83. The molecule has 4 N–H and O–H groups in total. The second-order valence-electron chi connectivity index (χ2n) is 7.22. The first-order valence-corrected chi connectivity index (χ1v) is 9.39. The van der Waals surface area contributed by atoms with Crippen molar-refractivity contribution < 1.29 is 75.4 Å². The van der Waals surface area contributed by atoms with E-state index in [-0.39, 0.29) is 0 Å². The average molecular weight is 536 g/mol. The number of benzene rings is 2. The summed E-state index contributed by atoms with van der Waals surface area (Å²) in [4.78, 5) is 44.8. The Morgan fingerprint density at radius 1 is 0.541 bits per heavy atom. The number of hydrogen-bond acceptors (Lipinski definition) is 6. The van der Waals surface area contributed by atoms with Crippen LogP contribution in [-0.4, -0.2) is 62.1 Å². The average Bonchev–Trinajstić information content (AvgIpc) is 2.88. The zero-order valence-electron chi connectivity index (χ0n) is 17.5. The number of rotatable bonds is 8. The summed E-state index contributed by atoms with van der Waals surface area (Å²) in [6.07, 6.45) is 0. The lowest BCUT2D eigenvalue weighted by Crippen LogP contribution is -2.50. The van der Waals surface area contributed by atoms with Crippen molar-refractivity contribution in [2.45, 2.75) is 17.8 Å². The van der Waals surface area contributed by atoms with Crippen LogP contribution in [0.1, 0.15) is 41.4 Å². The third-order valence-electron chi connectivity index (χ3n) is 4.91. The second kappa shape index (κ2) is 8.72. The van der Waals surface area contributed by atoms with E-state index in [4.69, 9.17) is 20.4 Å². The van der Waals surface area contributed by atoms with E-state index in [1.807, 2.05) is 0 Å². The molecule has 3 rings (SSSR count). The largest absolute Gasteiger partial charge is 0.478 e. The molecule has 1 aliphatic rings. The van der Waals surface area contributed by atoms with Gasteiger partial charge in [0.25, 0.3) is 0 Å². The Balaban J connectivity index is 2.19. The Hall–Kier alpha value is -4.76. The SMILES string of the molecule is O=C(O)c1ccc(OC2=C(Oc3ccc(C(=O)O)c(C(=O)O)c3)C(F)(F)C(F)(F)C2(F)F)cc1C(=O)O. The van der Waals surface area contributed by atoms with Gasteiger partial charge in [0.05, 0.1) is 22.3 Å². The molecule has 1 aliphatic carbocycles. The van der Waals surface area contributed by atoms with Crippen molar-refractivity contribution in [3.63, 3.8) is 0 Å². The van der Waals surface area contributed by atoms with E-state index in [2.05, 4.69) is 9.47 Å². The van der Waals surface area contributed by atoms with Gasteiger partial charge in [-0.25, -0.2) is 19.2 Å². The van der Waals surface area contributed by atoms with Gasteiger partial charge in [0.2, 0.25) is 11.5 Å². The van der Waals surface area contributed by atoms with E-state index < -0.39 is 86.9 Å². The second-order valence-corrected chi connectivity index (χ2v) is 7.22. The van der Waals surface area contributed by atoms with Gasteiger partial charge in [0, 0.05) is 0 Å². The number of aromatic carboxylic acids is 4. The summed E-state index contributed by atoms with van der Waals surface area (Å²) in [6.45, 7) is 0. The monoisotopic (exact) mass is 536 g/mol. The van der Waals surface area contributed by atoms with Crippen LogP contribution in [0, 0.1) is 0 Å². The summed E-state index contributed by atoms with van der Waals surface area (Å²) >= 11 is 0. The predicted molar refractivity (Wildman–Crippen MR) is 104 cm³/mol. The normalized spacial score (nSPS) is 17.2. The molecule has 0 bridgehead atoms. The number of carboxylic acids is 4. The summed E-state index contributed by atoms with van der Waals surface area (Å²) in [5.41, 5.74) is -3.88. The minimum atomic E-state index is -6.17. The molecule has 0 amide bonds. The van der Waals surface area contributed by atoms with Gasteiger partial charge in [-0.1, -0.05) is 0 Å². The first-order valence-electron chi connectivity index (χ1n) is 9.39. The fourth-order valence-electron chi connectivity index (χ4n) is 3.12. The maximum Gasteiger partial charge on any atom is 0.387 e.